The van der Waals surface area contributed by atoms with E-state index in [9.17, 15) is 4.21 Å². The third kappa shape index (κ3) is 10.2. The van der Waals surface area contributed by atoms with Crippen molar-refractivity contribution in [2.45, 2.75) is 45.4 Å². The van der Waals surface area contributed by atoms with Gasteiger partial charge >= 0.3 is 0 Å². The van der Waals surface area contributed by atoms with Gasteiger partial charge in [0.1, 0.15) is 0 Å². The normalized spacial score (nSPS) is 13.3. The third-order valence-corrected chi connectivity index (χ3v) is 2.65. The van der Waals surface area contributed by atoms with Crippen LogP contribution in [0.25, 0.3) is 0 Å². The van der Waals surface area contributed by atoms with Crippen LogP contribution in [0.3, 0.4) is 0 Å². The summed E-state index contributed by atoms with van der Waals surface area (Å²) in [5.41, 5.74) is 0. The van der Waals surface area contributed by atoms with Crippen LogP contribution in [0.4, 0.5) is 0 Å². The molecular weight excluding hydrogens is 156 g/mol. The molecule has 0 spiro atoms. The molecule has 0 amide bonds. The lowest BCUT2D eigenvalue weighted by Crippen LogP contribution is -1.93. The van der Waals surface area contributed by atoms with Crippen molar-refractivity contribution in [3.05, 3.63) is 0 Å². The van der Waals surface area contributed by atoms with Crippen LogP contribution in [-0.2, 0) is 10.8 Å². The van der Waals surface area contributed by atoms with E-state index >= 15 is 0 Å². The zero-order valence-corrected chi connectivity index (χ0v) is 8.58. The molecular formula is C9H20OS. The predicted molar refractivity (Wildman–Crippen MR) is 52.3 cm³/mol. The molecule has 2 heteroatoms. The highest BCUT2D eigenvalue weighted by atomic mass is 32.2. The third-order valence-electron chi connectivity index (χ3n) is 1.79. The van der Waals surface area contributed by atoms with E-state index in [0.29, 0.717) is 0 Å². The van der Waals surface area contributed by atoms with Gasteiger partial charge in [0.25, 0.3) is 0 Å². The fraction of sp³-hybridized carbons (Fsp3) is 1.00. The maximum Gasteiger partial charge on any atom is 0.0232 e. The molecule has 1 atom stereocenters. The maximum atomic E-state index is 10.6. The molecule has 0 heterocycles. The number of rotatable bonds is 7. The van der Waals surface area contributed by atoms with Gasteiger partial charge < -0.3 is 0 Å². The topological polar surface area (TPSA) is 17.1 Å². The molecule has 0 aliphatic rings. The van der Waals surface area contributed by atoms with Gasteiger partial charge in [0, 0.05) is 22.8 Å². The molecule has 0 aromatic carbocycles. The molecule has 0 fully saturated rings. The molecule has 0 saturated carbocycles. The minimum Gasteiger partial charge on any atom is -0.260 e. The molecule has 1 nitrogen and oxygen atoms in total. The monoisotopic (exact) mass is 176 g/mol. The van der Waals surface area contributed by atoms with Crippen LogP contribution in [0.1, 0.15) is 45.4 Å². The first kappa shape index (κ1) is 11.2. The number of hydrogen-bond acceptors (Lipinski definition) is 1. The summed E-state index contributed by atoms with van der Waals surface area (Å²) in [6, 6.07) is 0. The highest BCUT2D eigenvalue weighted by Crippen LogP contribution is 2.04. The van der Waals surface area contributed by atoms with Crippen LogP contribution < -0.4 is 0 Å². The first-order valence-electron chi connectivity index (χ1n) is 4.57. The van der Waals surface area contributed by atoms with Gasteiger partial charge in [-0.05, 0) is 6.42 Å². The Balaban J connectivity index is 2.85. The average molecular weight is 176 g/mol. The van der Waals surface area contributed by atoms with Gasteiger partial charge in [0.15, 0.2) is 0 Å². The molecule has 0 aromatic rings. The molecule has 11 heavy (non-hydrogen) atoms. The lowest BCUT2D eigenvalue weighted by molar-refractivity contribution is 0.622. The largest absolute Gasteiger partial charge is 0.260 e. The molecule has 0 saturated heterocycles. The Hall–Kier alpha value is 0.150. The first-order chi connectivity index (χ1) is 5.27. The van der Waals surface area contributed by atoms with Crippen LogP contribution >= 0.6 is 0 Å². The summed E-state index contributed by atoms with van der Waals surface area (Å²) in [5.74, 6) is 0.895. The molecule has 0 aliphatic heterocycles. The molecule has 0 N–H and O–H groups in total. The van der Waals surface area contributed by atoms with E-state index in [1.807, 2.05) is 0 Å². The van der Waals surface area contributed by atoms with Crippen LogP contribution in [-0.4, -0.2) is 16.2 Å². The van der Waals surface area contributed by atoms with Crippen molar-refractivity contribution < 1.29 is 4.21 Å². The molecule has 0 rings (SSSR count). The Kier molecular flexibility index (Phi) is 8.36. The van der Waals surface area contributed by atoms with E-state index in [1.165, 1.54) is 32.1 Å². The van der Waals surface area contributed by atoms with Gasteiger partial charge in [-0.15, -0.1) is 0 Å². The summed E-state index contributed by atoms with van der Waals surface area (Å²) < 4.78 is 10.6. The molecule has 68 valence electrons. The summed E-state index contributed by atoms with van der Waals surface area (Å²) in [5, 5.41) is 0. The van der Waals surface area contributed by atoms with Crippen LogP contribution in [0.2, 0.25) is 0 Å². The summed E-state index contributed by atoms with van der Waals surface area (Å²) in [7, 11) is -0.573. The van der Waals surface area contributed by atoms with E-state index in [1.54, 1.807) is 6.26 Å². The second-order valence-electron chi connectivity index (χ2n) is 3.05. The standard InChI is InChI=1S/C9H20OS/c1-3-4-5-6-7-8-9-11(2)10/h3-9H2,1-2H3/t11-/m0/s1. The van der Waals surface area contributed by atoms with Crippen molar-refractivity contribution in [3.8, 4) is 0 Å². The van der Waals surface area contributed by atoms with Gasteiger partial charge in [-0.25, -0.2) is 0 Å². The van der Waals surface area contributed by atoms with Gasteiger partial charge in [-0.2, -0.15) is 0 Å². The van der Waals surface area contributed by atoms with Crippen molar-refractivity contribution in [2.24, 2.45) is 0 Å². The van der Waals surface area contributed by atoms with Crippen molar-refractivity contribution in [3.63, 3.8) is 0 Å². The minimum absolute atomic E-state index is 0.573. The van der Waals surface area contributed by atoms with Gasteiger partial charge in [-0.3, -0.25) is 4.21 Å². The Labute approximate surface area is 73.0 Å². The molecule has 0 aromatic heterocycles. The molecule has 0 bridgehead atoms. The Morgan fingerprint density at radius 3 is 2.09 bits per heavy atom. The smallest absolute Gasteiger partial charge is 0.0232 e. The van der Waals surface area contributed by atoms with Gasteiger partial charge in [-0.1, -0.05) is 39.0 Å². The van der Waals surface area contributed by atoms with Gasteiger partial charge in [0.05, 0.1) is 0 Å². The highest BCUT2D eigenvalue weighted by Gasteiger charge is 1.91. The molecule has 0 unspecified atom stereocenters. The fourth-order valence-corrected chi connectivity index (χ4v) is 1.70. The zero-order valence-electron chi connectivity index (χ0n) is 7.77. The van der Waals surface area contributed by atoms with Crippen molar-refractivity contribution in [2.75, 3.05) is 12.0 Å². The van der Waals surface area contributed by atoms with Crippen molar-refractivity contribution >= 4 is 10.8 Å². The summed E-state index contributed by atoms with van der Waals surface area (Å²) in [6.07, 6.45) is 9.53. The second-order valence-corrected chi connectivity index (χ2v) is 4.60. The maximum absolute atomic E-state index is 10.6. The van der Waals surface area contributed by atoms with Crippen LogP contribution in [0, 0.1) is 0 Å². The van der Waals surface area contributed by atoms with Crippen LogP contribution in [0.15, 0.2) is 0 Å². The molecule has 0 aliphatic carbocycles. The number of hydrogen-bond donors (Lipinski definition) is 0. The zero-order chi connectivity index (χ0) is 8.53. The Morgan fingerprint density at radius 2 is 1.55 bits per heavy atom. The summed E-state index contributed by atoms with van der Waals surface area (Å²) >= 11 is 0. The summed E-state index contributed by atoms with van der Waals surface area (Å²) in [4.78, 5) is 0. The van der Waals surface area contributed by atoms with Crippen molar-refractivity contribution in [1.82, 2.24) is 0 Å². The second kappa shape index (κ2) is 8.25. The molecule has 0 radical (unpaired) electrons. The predicted octanol–water partition coefficient (Wildman–Crippen LogP) is 2.73. The quantitative estimate of drug-likeness (QED) is 0.545. The lowest BCUT2D eigenvalue weighted by atomic mass is 10.1. The van der Waals surface area contributed by atoms with Crippen molar-refractivity contribution in [1.29, 1.82) is 0 Å². The lowest BCUT2D eigenvalue weighted by Gasteiger charge is -1.97. The number of unbranched alkanes of at least 4 members (excludes halogenated alkanes) is 5. The van der Waals surface area contributed by atoms with Crippen LogP contribution in [0.5, 0.6) is 0 Å². The average Bonchev–Trinajstić information content (AvgIpc) is 1.96. The van der Waals surface area contributed by atoms with E-state index < -0.39 is 10.8 Å². The Bertz CT molecular complexity index is 102. The summed E-state index contributed by atoms with van der Waals surface area (Å²) in [6.45, 7) is 2.22. The van der Waals surface area contributed by atoms with E-state index in [0.717, 1.165) is 12.2 Å². The SMILES string of the molecule is CCCCCCCC[S@](C)=O. The Morgan fingerprint density at radius 1 is 1.00 bits per heavy atom. The highest BCUT2D eigenvalue weighted by molar-refractivity contribution is 7.84. The fourth-order valence-electron chi connectivity index (χ4n) is 1.09. The first-order valence-corrected chi connectivity index (χ1v) is 6.30. The minimum atomic E-state index is -0.573. The van der Waals surface area contributed by atoms with E-state index in [-0.39, 0.29) is 0 Å². The van der Waals surface area contributed by atoms with E-state index in [2.05, 4.69) is 6.92 Å². The van der Waals surface area contributed by atoms with E-state index in [4.69, 9.17) is 0 Å². The van der Waals surface area contributed by atoms with Gasteiger partial charge in [0.2, 0.25) is 0 Å².